The molecular formula is C15H17NO3S. The van der Waals surface area contributed by atoms with Crippen molar-refractivity contribution in [2.24, 2.45) is 0 Å². The molecule has 5 heteroatoms. The molecule has 2 aromatic heterocycles. The Labute approximate surface area is 121 Å². The van der Waals surface area contributed by atoms with E-state index in [1.54, 1.807) is 29.8 Å². The van der Waals surface area contributed by atoms with Crippen LogP contribution in [0.5, 0.6) is 0 Å². The fourth-order valence-corrected chi connectivity index (χ4v) is 3.29. The van der Waals surface area contributed by atoms with E-state index < -0.39 is 5.97 Å². The van der Waals surface area contributed by atoms with Crippen molar-refractivity contribution < 1.29 is 9.90 Å². The number of hydrogen-bond acceptors (Lipinski definition) is 3. The fraction of sp³-hybridized carbons (Fsp3) is 0.333. The predicted octanol–water partition coefficient (Wildman–Crippen LogP) is 3.03. The van der Waals surface area contributed by atoms with E-state index in [0.717, 1.165) is 5.56 Å². The van der Waals surface area contributed by atoms with Gasteiger partial charge in [-0.25, -0.2) is 4.79 Å². The zero-order chi connectivity index (χ0) is 14.9. The molecule has 0 amide bonds. The van der Waals surface area contributed by atoms with Crippen LogP contribution >= 0.6 is 11.3 Å². The van der Waals surface area contributed by atoms with Gasteiger partial charge in [0.15, 0.2) is 0 Å². The second kappa shape index (κ2) is 5.63. The first kappa shape index (κ1) is 14.5. The molecule has 0 aliphatic rings. The van der Waals surface area contributed by atoms with Crippen LogP contribution < -0.4 is 5.56 Å². The number of pyridine rings is 1. The molecule has 0 bridgehead atoms. The van der Waals surface area contributed by atoms with E-state index in [2.05, 4.69) is 0 Å². The van der Waals surface area contributed by atoms with Crippen LogP contribution in [0.2, 0.25) is 0 Å². The summed E-state index contributed by atoms with van der Waals surface area (Å²) in [5.74, 6) is -0.989. The molecule has 0 radical (unpaired) electrons. The zero-order valence-corrected chi connectivity index (χ0v) is 12.5. The normalized spacial score (nSPS) is 12.3. The molecule has 0 saturated carbocycles. The van der Waals surface area contributed by atoms with E-state index in [4.69, 9.17) is 0 Å². The Hall–Kier alpha value is -1.88. The number of carbonyl (C=O) groups is 1. The summed E-state index contributed by atoms with van der Waals surface area (Å²) in [5, 5.41) is 13.3. The Bertz CT molecular complexity index is 686. The van der Waals surface area contributed by atoms with Gasteiger partial charge in [-0.15, -0.1) is 0 Å². The number of rotatable bonds is 4. The average Bonchev–Trinajstić information content (AvgIpc) is 2.79. The topological polar surface area (TPSA) is 59.3 Å². The molecular weight excluding hydrogens is 274 g/mol. The van der Waals surface area contributed by atoms with E-state index in [0.29, 0.717) is 17.7 Å². The summed E-state index contributed by atoms with van der Waals surface area (Å²) in [6.45, 7) is 5.29. The van der Waals surface area contributed by atoms with Crippen LogP contribution in [0.25, 0.3) is 0 Å². The number of thiophene rings is 1. The van der Waals surface area contributed by atoms with Gasteiger partial charge >= 0.3 is 5.97 Å². The van der Waals surface area contributed by atoms with Crippen LogP contribution in [-0.4, -0.2) is 15.6 Å². The number of aromatic nitrogens is 1. The van der Waals surface area contributed by atoms with Crippen LogP contribution in [0, 0.1) is 13.8 Å². The third kappa shape index (κ3) is 2.67. The summed E-state index contributed by atoms with van der Waals surface area (Å²) in [7, 11) is 0. The summed E-state index contributed by atoms with van der Waals surface area (Å²) in [4.78, 5) is 23.5. The summed E-state index contributed by atoms with van der Waals surface area (Å²) in [6, 6.07) is 3.35. The summed E-state index contributed by atoms with van der Waals surface area (Å²) in [6.07, 6.45) is 0.715. The summed E-state index contributed by atoms with van der Waals surface area (Å²) < 4.78 is 1.58. The highest BCUT2D eigenvalue weighted by molar-refractivity contribution is 7.07. The highest BCUT2D eigenvalue weighted by atomic mass is 32.1. The molecule has 1 unspecified atom stereocenters. The van der Waals surface area contributed by atoms with Crippen molar-refractivity contribution in [1.29, 1.82) is 0 Å². The first-order valence-electron chi connectivity index (χ1n) is 6.39. The van der Waals surface area contributed by atoms with Crippen molar-refractivity contribution in [3.05, 3.63) is 55.6 Å². The molecule has 2 rings (SSSR count). The molecule has 4 nitrogen and oxygen atoms in total. The van der Waals surface area contributed by atoms with Crippen LogP contribution in [0.3, 0.4) is 0 Å². The Morgan fingerprint density at radius 3 is 2.70 bits per heavy atom. The second-order valence-electron chi connectivity index (χ2n) is 4.99. The minimum Gasteiger partial charge on any atom is -0.478 e. The van der Waals surface area contributed by atoms with Gasteiger partial charge in [-0.3, -0.25) is 4.79 Å². The van der Waals surface area contributed by atoms with Gasteiger partial charge in [0.2, 0.25) is 0 Å². The van der Waals surface area contributed by atoms with E-state index in [-0.39, 0.29) is 17.2 Å². The monoisotopic (exact) mass is 291 g/mol. The average molecular weight is 291 g/mol. The van der Waals surface area contributed by atoms with Gasteiger partial charge in [0, 0.05) is 17.8 Å². The molecule has 0 aromatic carbocycles. The molecule has 0 spiro atoms. The SMILES string of the molecule is Cc1cc(=O)n(C(C)Cc2ccsc2)c(C)c1C(=O)O. The first-order valence-corrected chi connectivity index (χ1v) is 7.33. The maximum Gasteiger partial charge on any atom is 0.337 e. The third-order valence-electron chi connectivity index (χ3n) is 3.46. The quantitative estimate of drug-likeness (QED) is 0.942. The van der Waals surface area contributed by atoms with Crippen molar-refractivity contribution in [3.8, 4) is 0 Å². The van der Waals surface area contributed by atoms with E-state index in [1.807, 2.05) is 23.8 Å². The molecule has 2 aromatic rings. The molecule has 2 heterocycles. The number of aryl methyl sites for hydroxylation is 1. The number of hydrogen-bond donors (Lipinski definition) is 1. The molecule has 0 aliphatic carbocycles. The molecule has 0 fully saturated rings. The molecule has 20 heavy (non-hydrogen) atoms. The Morgan fingerprint density at radius 1 is 1.45 bits per heavy atom. The van der Waals surface area contributed by atoms with Gasteiger partial charge in [0.1, 0.15) is 0 Å². The minimum atomic E-state index is -0.989. The van der Waals surface area contributed by atoms with Gasteiger partial charge in [-0.2, -0.15) is 11.3 Å². The van der Waals surface area contributed by atoms with Crippen molar-refractivity contribution in [3.63, 3.8) is 0 Å². The summed E-state index contributed by atoms with van der Waals surface area (Å²) >= 11 is 1.61. The highest BCUT2D eigenvalue weighted by Crippen LogP contribution is 2.19. The Balaban J connectivity index is 2.48. The largest absolute Gasteiger partial charge is 0.478 e. The summed E-state index contributed by atoms with van der Waals surface area (Å²) in [5.41, 5.74) is 2.27. The van der Waals surface area contributed by atoms with Crippen LogP contribution in [0.4, 0.5) is 0 Å². The standard InChI is InChI=1S/C15H17NO3S/c1-9-6-13(17)16(11(3)14(9)15(18)19)10(2)7-12-4-5-20-8-12/h4-6,8,10H,7H2,1-3H3,(H,18,19). The lowest BCUT2D eigenvalue weighted by molar-refractivity contribution is 0.0694. The van der Waals surface area contributed by atoms with Crippen LogP contribution in [0.15, 0.2) is 27.7 Å². The highest BCUT2D eigenvalue weighted by Gasteiger charge is 2.19. The molecule has 1 N–H and O–H groups in total. The minimum absolute atomic E-state index is 0.0733. The third-order valence-corrected chi connectivity index (χ3v) is 4.19. The van der Waals surface area contributed by atoms with Crippen molar-refractivity contribution in [1.82, 2.24) is 4.57 Å². The molecule has 0 aliphatic heterocycles. The molecule has 1 atom stereocenters. The first-order chi connectivity index (χ1) is 9.41. The number of carboxylic acid groups (broad SMARTS) is 1. The molecule has 0 saturated heterocycles. The number of nitrogens with zero attached hydrogens (tertiary/aromatic N) is 1. The van der Waals surface area contributed by atoms with E-state index in [9.17, 15) is 14.7 Å². The lowest BCUT2D eigenvalue weighted by Gasteiger charge is -2.20. The fourth-order valence-electron chi connectivity index (χ4n) is 2.61. The second-order valence-corrected chi connectivity index (χ2v) is 5.77. The Kier molecular flexibility index (Phi) is 4.09. The lowest BCUT2D eigenvalue weighted by Crippen LogP contribution is -2.29. The maximum atomic E-state index is 12.2. The lowest BCUT2D eigenvalue weighted by atomic mass is 10.0. The Morgan fingerprint density at radius 2 is 2.15 bits per heavy atom. The molecule has 106 valence electrons. The van der Waals surface area contributed by atoms with Crippen molar-refractivity contribution in [2.45, 2.75) is 33.2 Å². The van der Waals surface area contributed by atoms with Crippen LogP contribution in [-0.2, 0) is 6.42 Å². The van der Waals surface area contributed by atoms with Gasteiger partial charge in [-0.05, 0) is 55.1 Å². The van der Waals surface area contributed by atoms with E-state index in [1.165, 1.54) is 6.07 Å². The number of aromatic carboxylic acids is 1. The van der Waals surface area contributed by atoms with Crippen molar-refractivity contribution >= 4 is 17.3 Å². The van der Waals surface area contributed by atoms with E-state index >= 15 is 0 Å². The van der Waals surface area contributed by atoms with Gasteiger partial charge in [0.25, 0.3) is 5.56 Å². The van der Waals surface area contributed by atoms with Crippen molar-refractivity contribution in [2.75, 3.05) is 0 Å². The van der Waals surface area contributed by atoms with Gasteiger partial charge < -0.3 is 9.67 Å². The number of carboxylic acids is 1. The maximum absolute atomic E-state index is 12.2. The van der Waals surface area contributed by atoms with Crippen LogP contribution in [0.1, 0.15) is 40.1 Å². The smallest absolute Gasteiger partial charge is 0.337 e. The van der Waals surface area contributed by atoms with Gasteiger partial charge in [-0.1, -0.05) is 0 Å². The van der Waals surface area contributed by atoms with Gasteiger partial charge in [0.05, 0.1) is 5.56 Å². The zero-order valence-electron chi connectivity index (χ0n) is 11.7. The predicted molar refractivity (Wildman–Crippen MR) is 79.9 cm³/mol.